The summed E-state index contributed by atoms with van der Waals surface area (Å²) in [5.74, 6) is -0.260. The summed E-state index contributed by atoms with van der Waals surface area (Å²) in [5.41, 5.74) is 0.282. The van der Waals surface area contributed by atoms with E-state index in [1.54, 1.807) is 12.1 Å². The molecular weight excluding hydrogens is 307 g/mol. The molecule has 0 radical (unpaired) electrons. The number of carbonyl (C=O) groups is 1. The average molecular weight is 331 g/mol. The van der Waals surface area contributed by atoms with Gasteiger partial charge in [-0.2, -0.15) is 0 Å². The standard InChI is InChI=1S/C16H23FN2O2.ClH/c1-18-9-2-10-19-15(20)16(7-11-21-12-8-16)13-3-5-14(17)6-4-13;/h3-6,18H,2,7-12H2,1H3,(H,19,20);1H. The monoisotopic (exact) mass is 330 g/mol. The molecule has 2 N–H and O–H groups in total. The highest BCUT2D eigenvalue weighted by Crippen LogP contribution is 2.35. The van der Waals surface area contributed by atoms with Crippen molar-refractivity contribution in [2.45, 2.75) is 24.7 Å². The van der Waals surface area contributed by atoms with Gasteiger partial charge in [-0.15, -0.1) is 12.4 Å². The van der Waals surface area contributed by atoms with E-state index in [-0.39, 0.29) is 24.1 Å². The topological polar surface area (TPSA) is 50.4 Å². The Balaban J connectivity index is 0.00000242. The van der Waals surface area contributed by atoms with Crippen LogP contribution in [0.4, 0.5) is 4.39 Å². The molecule has 1 heterocycles. The Morgan fingerprint density at radius 3 is 2.45 bits per heavy atom. The number of benzene rings is 1. The first-order chi connectivity index (χ1) is 10.2. The molecule has 0 spiro atoms. The van der Waals surface area contributed by atoms with Gasteiger partial charge in [-0.25, -0.2) is 4.39 Å². The molecule has 0 bridgehead atoms. The summed E-state index contributed by atoms with van der Waals surface area (Å²) in [4.78, 5) is 12.7. The summed E-state index contributed by atoms with van der Waals surface area (Å²) in [5, 5.41) is 6.07. The molecule has 1 aliphatic rings. The van der Waals surface area contributed by atoms with Crippen LogP contribution in [-0.4, -0.2) is 39.3 Å². The largest absolute Gasteiger partial charge is 0.381 e. The van der Waals surface area contributed by atoms with Crippen molar-refractivity contribution in [1.82, 2.24) is 10.6 Å². The van der Waals surface area contributed by atoms with Gasteiger partial charge >= 0.3 is 0 Å². The normalized spacial score (nSPS) is 16.6. The summed E-state index contributed by atoms with van der Waals surface area (Å²) in [7, 11) is 1.89. The van der Waals surface area contributed by atoms with Gasteiger partial charge < -0.3 is 15.4 Å². The highest BCUT2D eigenvalue weighted by molar-refractivity contribution is 5.88. The fourth-order valence-electron chi connectivity index (χ4n) is 2.77. The Morgan fingerprint density at radius 2 is 1.86 bits per heavy atom. The van der Waals surface area contributed by atoms with Crippen LogP contribution in [0.1, 0.15) is 24.8 Å². The van der Waals surface area contributed by atoms with E-state index >= 15 is 0 Å². The number of hydrogen-bond acceptors (Lipinski definition) is 3. The Kier molecular flexibility index (Phi) is 7.79. The molecule has 0 unspecified atom stereocenters. The number of carbonyl (C=O) groups excluding carboxylic acids is 1. The Labute approximate surface area is 137 Å². The first-order valence-electron chi connectivity index (χ1n) is 7.46. The van der Waals surface area contributed by atoms with Crippen molar-refractivity contribution in [2.24, 2.45) is 0 Å². The molecule has 1 aromatic carbocycles. The van der Waals surface area contributed by atoms with Crippen LogP contribution in [0.5, 0.6) is 0 Å². The molecule has 0 saturated carbocycles. The van der Waals surface area contributed by atoms with Crippen LogP contribution in [0.3, 0.4) is 0 Å². The quantitative estimate of drug-likeness (QED) is 0.785. The maximum absolute atomic E-state index is 13.1. The third-order valence-corrected chi connectivity index (χ3v) is 4.07. The van der Waals surface area contributed by atoms with Crippen molar-refractivity contribution in [3.8, 4) is 0 Å². The molecule has 2 rings (SSSR count). The van der Waals surface area contributed by atoms with E-state index < -0.39 is 5.41 Å². The van der Waals surface area contributed by atoms with Crippen molar-refractivity contribution >= 4 is 18.3 Å². The third-order valence-electron chi connectivity index (χ3n) is 4.07. The van der Waals surface area contributed by atoms with Crippen LogP contribution in [0.15, 0.2) is 24.3 Å². The van der Waals surface area contributed by atoms with E-state index in [0.717, 1.165) is 18.5 Å². The highest BCUT2D eigenvalue weighted by Gasteiger charge is 2.41. The fraction of sp³-hybridized carbons (Fsp3) is 0.562. The van der Waals surface area contributed by atoms with Crippen LogP contribution in [0.25, 0.3) is 0 Å². The predicted octanol–water partition coefficient (Wildman–Crippen LogP) is 2.02. The van der Waals surface area contributed by atoms with E-state index in [4.69, 9.17) is 4.74 Å². The van der Waals surface area contributed by atoms with Gasteiger partial charge in [-0.3, -0.25) is 4.79 Å². The van der Waals surface area contributed by atoms with Gasteiger partial charge in [-0.1, -0.05) is 12.1 Å². The van der Waals surface area contributed by atoms with Crippen LogP contribution in [-0.2, 0) is 14.9 Å². The van der Waals surface area contributed by atoms with Gasteiger partial charge in [-0.05, 0) is 50.6 Å². The fourth-order valence-corrected chi connectivity index (χ4v) is 2.77. The van der Waals surface area contributed by atoms with E-state index in [2.05, 4.69) is 10.6 Å². The van der Waals surface area contributed by atoms with Gasteiger partial charge in [0.05, 0.1) is 5.41 Å². The minimum absolute atomic E-state index is 0. The van der Waals surface area contributed by atoms with Crippen LogP contribution >= 0.6 is 12.4 Å². The smallest absolute Gasteiger partial charge is 0.230 e. The molecule has 0 aromatic heterocycles. The number of hydrogen-bond donors (Lipinski definition) is 2. The maximum atomic E-state index is 13.1. The molecule has 124 valence electrons. The Hall–Kier alpha value is -1.17. The lowest BCUT2D eigenvalue weighted by Crippen LogP contribution is -2.48. The molecule has 1 aliphatic heterocycles. The lowest BCUT2D eigenvalue weighted by atomic mass is 9.73. The van der Waals surface area contributed by atoms with Gasteiger partial charge in [0.1, 0.15) is 5.82 Å². The molecule has 6 heteroatoms. The first-order valence-corrected chi connectivity index (χ1v) is 7.46. The molecule has 1 fully saturated rings. The van der Waals surface area contributed by atoms with Crippen LogP contribution in [0, 0.1) is 5.82 Å². The van der Waals surface area contributed by atoms with Gasteiger partial charge in [0.15, 0.2) is 0 Å². The zero-order valence-electron chi connectivity index (χ0n) is 12.9. The zero-order valence-corrected chi connectivity index (χ0v) is 13.7. The van der Waals surface area contributed by atoms with Crippen LogP contribution in [0.2, 0.25) is 0 Å². The van der Waals surface area contributed by atoms with Gasteiger partial charge in [0.2, 0.25) is 5.91 Å². The third kappa shape index (κ3) is 4.41. The summed E-state index contributed by atoms with van der Waals surface area (Å²) in [6, 6.07) is 6.27. The second-order valence-electron chi connectivity index (χ2n) is 5.41. The Bertz CT molecular complexity index is 462. The van der Waals surface area contributed by atoms with Crippen molar-refractivity contribution in [3.05, 3.63) is 35.6 Å². The minimum atomic E-state index is -0.592. The molecule has 22 heavy (non-hydrogen) atoms. The minimum Gasteiger partial charge on any atom is -0.381 e. The SMILES string of the molecule is CNCCCNC(=O)C1(c2ccc(F)cc2)CCOCC1.Cl. The van der Waals surface area contributed by atoms with E-state index in [1.165, 1.54) is 12.1 Å². The number of rotatable bonds is 6. The van der Waals surface area contributed by atoms with E-state index in [9.17, 15) is 9.18 Å². The van der Waals surface area contributed by atoms with E-state index in [1.807, 2.05) is 7.05 Å². The molecule has 1 amide bonds. The molecule has 4 nitrogen and oxygen atoms in total. The van der Waals surface area contributed by atoms with E-state index in [0.29, 0.717) is 32.6 Å². The lowest BCUT2D eigenvalue weighted by Gasteiger charge is -2.36. The highest BCUT2D eigenvalue weighted by atomic mass is 35.5. The van der Waals surface area contributed by atoms with Crippen molar-refractivity contribution in [1.29, 1.82) is 0 Å². The van der Waals surface area contributed by atoms with Crippen molar-refractivity contribution < 1.29 is 13.9 Å². The first kappa shape index (κ1) is 18.9. The molecule has 1 aromatic rings. The lowest BCUT2D eigenvalue weighted by molar-refractivity contribution is -0.130. The molecule has 1 saturated heterocycles. The van der Waals surface area contributed by atoms with Crippen LogP contribution < -0.4 is 10.6 Å². The second kappa shape index (κ2) is 9.08. The Morgan fingerprint density at radius 1 is 1.23 bits per heavy atom. The molecule has 0 atom stereocenters. The molecule has 0 aliphatic carbocycles. The number of nitrogens with one attached hydrogen (secondary N) is 2. The number of halogens is 2. The summed E-state index contributed by atoms with van der Waals surface area (Å²) < 4.78 is 18.5. The summed E-state index contributed by atoms with van der Waals surface area (Å²) in [6.07, 6.45) is 2.16. The summed E-state index contributed by atoms with van der Waals surface area (Å²) in [6.45, 7) is 2.62. The maximum Gasteiger partial charge on any atom is 0.230 e. The average Bonchev–Trinajstić information content (AvgIpc) is 2.52. The number of amides is 1. The zero-order chi connectivity index (χ0) is 15.1. The van der Waals surface area contributed by atoms with Crippen molar-refractivity contribution in [3.63, 3.8) is 0 Å². The predicted molar refractivity (Wildman–Crippen MR) is 86.9 cm³/mol. The summed E-state index contributed by atoms with van der Waals surface area (Å²) >= 11 is 0. The van der Waals surface area contributed by atoms with Crippen molar-refractivity contribution in [2.75, 3.05) is 33.4 Å². The molecular formula is C16H24ClFN2O2. The van der Waals surface area contributed by atoms with Gasteiger partial charge in [0.25, 0.3) is 0 Å². The number of ether oxygens (including phenoxy) is 1. The second-order valence-corrected chi connectivity index (χ2v) is 5.41. The van der Waals surface area contributed by atoms with Gasteiger partial charge in [0, 0.05) is 19.8 Å².